The Bertz CT molecular complexity index is 1640. The van der Waals surface area contributed by atoms with Crippen molar-refractivity contribution in [3.8, 4) is 0 Å². The number of rotatable bonds is 8. The van der Waals surface area contributed by atoms with Gasteiger partial charge in [-0.1, -0.05) is 19.1 Å². The monoisotopic (exact) mass is 674 g/mol. The lowest BCUT2D eigenvalue weighted by Crippen LogP contribution is -2.46. The Morgan fingerprint density at radius 3 is 2.27 bits per heavy atom. The van der Waals surface area contributed by atoms with Crippen LogP contribution < -0.4 is 14.7 Å². The molecule has 256 valence electrons. The van der Waals surface area contributed by atoms with Crippen molar-refractivity contribution in [3.05, 3.63) is 53.6 Å². The number of anilines is 3. The van der Waals surface area contributed by atoms with Gasteiger partial charge in [-0.15, -0.1) is 0 Å². The highest BCUT2D eigenvalue weighted by Gasteiger charge is 2.66. The summed E-state index contributed by atoms with van der Waals surface area (Å²) in [4.78, 5) is 72.8. The highest BCUT2D eigenvalue weighted by molar-refractivity contribution is 6.71. The maximum atomic E-state index is 15.0. The van der Waals surface area contributed by atoms with E-state index in [1.807, 2.05) is 62.5 Å². The SMILES string of the molecule is C[C@@H]1[C@@H]([Si](C)(C)O)[C@H](CC(=O)N2CCC[C@H]2CO)O[C@@]12C(=O)N(Cc1cccc(N3CCCC3=O)c1)c1ccc(N3CCCC3=O)cc12. The second-order valence-corrected chi connectivity index (χ2v) is 18.7. The molecule has 4 saturated heterocycles. The Morgan fingerprint density at radius 2 is 1.65 bits per heavy atom. The number of nitrogens with zero attached hydrogens (tertiary/aromatic N) is 4. The summed E-state index contributed by atoms with van der Waals surface area (Å²) in [5, 5.41) is 9.90. The van der Waals surface area contributed by atoms with Crippen LogP contribution in [0.5, 0.6) is 0 Å². The van der Waals surface area contributed by atoms with Crippen molar-refractivity contribution in [2.75, 3.05) is 40.9 Å². The Morgan fingerprint density at radius 1 is 0.958 bits per heavy atom. The molecule has 0 radical (unpaired) electrons. The number of fused-ring (bicyclic) bond motifs is 2. The van der Waals surface area contributed by atoms with Crippen molar-refractivity contribution in [3.63, 3.8) is 0 Å². The average molecular weight is 675 g/mol. The second-order valence-electron chi connectivity index (χ2n) is 14.7. The standard InChI is InChI=1S/C36H46N4O7Si/c1-23-34(48(2,3)46)30(20-33(44)39-15-5-10-27(39)22-41)47-36(23)28-19-26(38-17-7-12-32(38)43)13-14-29(28)40(35(36)45)21-24-8-4-9-25(18-24)37-16-6-11-31(37)42/h4,8-9,13-14,18-19,23,27,30,34,41,46H,5-7,10-12,15-17,20-22H2,1-3H3/t23-,27+,30+,34-,36+/m1/s1. The molecule has 4 fully saturated rings. The third-order valence-corrected chi connectivity index (χ3v) is 13.8. The first kappa shape index (κ1) is 32.9. The molecule has 2 N–H and O–H groups in total. The van der Waals surface area contributed by atoms with Gasteiger partial charge in [0, 0.05) is 60.9 Å². The highest BCUT2D eigenvalue weighted by Crippen LogP contribution is 2.60. The lowest BCUT2D eigenvalue weighted by atomic mass is 9.82. The summed E-state index contributed by atoms with van der Waals surface area (Å²) >= 11 is 0. The molecule has 0 saturated carbocycles. The summed E-state index contributed by atoms with van der Waals surface area (Å²) in [6.45, 7) is 7.58. The minimum Gasteiger partial charge on any atom is -0.432 e. The number of likely N-dealkylation sites (tertiary alicyclic amines) is 1. The molecular weight excluding hydrogens is 629 g/mol. The van der Waals surface area contributed by atoms with E-state index in [0.717, 1.165) is 36.9 Å². The fraction of sp³-hybridized carbons (Fsp3) is 0.556. The third-order valence-electron chi connectivity index (χ3n) is 11.3. The van der Waals surface area contributed by atoms with Gasteiger partial charge in [-0.3, -0.25) is 19.2 Å². The van der Waals surface area contributed by atoms with E-state index in [1.165, 1.54) is 0 Å². The van der Waals surface area contributed by atoms with Crippen LogP contribution in [0.15, 0.2) is 42.5 Å². The molecule has 1 spiro atoms. The van der Waals surface area contributed by atoms with E-state index < -0.39 is 31.5 Å². The summed E-state index contributed by atoms with van der Waals surface area (Å²) in [5.41, 5.74) is 1.78. The Kier molecular flexibility index (Phi) is 8.50. The molecule has 5 aliphatic rings. The number of aliphatic hydroxyl groups is 1. The van der Waals surface area contributed by atoms with E-state index in [9.17, 15) is 24.3 Å². The van der Waals surface area contributed by atoms with Crippen LogP contribution in [-0.2, 0) is 36.1 Å². The molecular formula is C36H46N4O7Si. The summed E-state index contributed by atoms with van der Waals surface area (Å²) in [6, 6.07) is 13.2. The lowest BCUT2D eigenvalue weighted by Gasteiger charge is -2.33. The Labute approximate surface area is 282 Å². The number of ether oxygens (including phenoxy) is 1. The second kappa shape index (κ2) is 12.4. The van der Waals surface area contributed by atoms with Crippen LogP contribution in [0.3, 0.4) is 0 Å². The fourth-order valence-electron chi connectivity index (χ4n) is 9.08. The summed E-state index contributed by atoms with van der Waals surface area (Å²) in [6.07, 6.45) is 3.42. The van der Waals surface area contributed by atoms with Crippen molar-refractivity contribution in [2.45, 2.75) is 94.8 Å². The van der Waals surface area contributed by atoms with E-state index in [-0.39, 0.29) is 49.2 Å². The molecule has 5 atom stereocenters. The molecule has 0 aromatic heterocycles. The van der Waals surface area contributed by atoms with E-state index >= 15 is 4.79 Å². The van der Waals surface area contributed by atoms with E-state index in [4.69, 9.17) is 4.74 Å². The summed E-state index contributed by atoms with van der Waals surface area (Å²) < 4.78 is 6.95. The molecule has 4 amide bonds. The zero-order valence-corrected chi connectivity index (χ0v) is 29.1. The fourth-order valence-corrected chi connectivity index (χ4v) is 11.6. The largest absolute Gasteiger partial charge is 0.432 e. The predicted octanol–water partition coefficient (Wildman–Crippen LogP) is 3.66. The third kappa shape index (κ3) is 5.37. The van der Waals surface area contributed by atoms with Gasteiger partial charge in [-0.2, -0.15) is 0 Å². The Balaban J connectivity index is 1.28. The van der Waals surface area contributed by atoms with Gasteiger partial charge in [0.2, 0.25) is 17.7 Å². The van der Waals surface area contributed by atoms with Gasteiger partial charge in [0.05, 0.1) is 37.4 Å². The maximum Gasteiger partial charge on any atom is 0.264 e. The van der Waals surface area contributed by atoms with Crippen LogP contribution >= 0.6 is 0 Å². The van der Waals surface area contributed by atoms with Crippen LogP contribution in [0.25, 0.3) is 0 Å². The van der Waals surface area contributed by atoms with Crippen LogP contribution in [0.2, 0.25) is 18.6 Å². The van der Waals surface area contributed by atoms with Crippen LogP contribution in [-0.4, -0.2) is 85.1 Å². The van der Waals surface area contributed by atoms with E-state index in [1.54, 1.807) is 19.6 Å². The van der Waals surface area contributed by atoms with Gasteiger partial charge in [0.1, 0.15) is 0 Å². The molecule has 7 rings (SSSR count). The lowest BCUT2D eigenvalue weighted by molar-refractivity contribution is -0.150. The molecule has 0 unspecified atom stereocenters. The minimum atomic E-state index is -3.02. The number of carbonyl (C=O) groups is 4. The van der Waals surface area contributed by atoms with Crippen LogP contribution in [0, 0.1) is 5.92 Å². The van der Waals surface area contributed by atoms with Gasteiger partial charge in [0.25, 0.3) is 5.91 Å². The predicted molar refractivity (Wildman–Crippen MR) is 183 cm³/mol. The van der Waals surface area contributed by atoms with Gasteiger partial charge < -0.3 is 34.2 Å². The first-order valence-corrected chi connectivity index (χ1v) is 20.4. The van der Waals surface area contributed by atoms with Crippen molar-refractivity contribution in [2.24, 2.45) is 5.92 Å². The van der Waals surface area contributed by atoms with Gasteiger partial charge in [-0.25, -0.2) is 0 Å². The summed E-state index contributed by atoms with van der Waals surface area (Å²) in [7, 11) is -3.02. The molecule has 2 aromatic carbocycles. The zero-order chi connectivity index (χ0) is 34.0. The van der Waals surface area contributed by atoms with Crippen molar-refractivity contribution < 1.29 is 33.8 Å². The number of carbonyl (C=O) groups excluding carboxylic acids is 4. The van der Waals surface area contributed by atoms with Crippen molar-refractivity contribution in [1.29, 1.82) is 0 Å². The topological polar surface area (TPSA) is 131 Å². The average Bonchev–Trinajstić information content (AvgIpc) is 3.87. The van der Waals surface area contributed by atoms with Crippen LogP contribution in [0.1, 0.15) is 63.0 Å². The zero-order valence-electron chi connectivity index (χ0n) is 28.1. The minimum absolute atomic E-state index is 0.00305. The number of amides is 4. The highest BCUT2D eigenvalue weighted by atomic mass is 28.4. The maximum absolute atomic E-state index is 15.0. The molecule has 48 heavy (non-hydrogen) atoms. The Hall–Kier alpha value is -3.58. The first-order valence-electron chi connectivity index (χ1n) is 17.4. The van der Waals surface area contributed by atoms with Gasteiger partial charge >= 0.3 is 0 Å². The molecule has 12 heteroatoms. The first-order chi connectivity index (χ1) is 22.9. The number of benzene rings is 2. The molecule has 0 bridgehead atoms. The van der Waals surface area contributed by atoms with E-state index in [0.29, 0.717) is 49.4 Å². The molecule has 5 aliphatic heterocycles. The normalized spacial score (nSPS) is 28.9. The molecule has 0 aliphatic carbocycles. The number of hydrogen-bond donors (Lipinski definition) is 2. The molecule has 5 heterocycles. The van der Waals surface area contributed by atoms with E-state index in [2.05, 4.69) is 0 Å². The van der Waals surface area contributed by atoms with Crippen LogP contribution in [0.4, 0.5) is 17.1 Å². The number of hydrogen-bond acceptors (Lipinski definition) is 7. The van der Waals surface area contributed by atoms with Gasteiger partial charge in [0.15, 0.2) is 13.9 Å². The van der Waals surface area contributed by atoms with Crippen molar-refractivity contribution in [1.82, 2.24) is 4.90 Å². The quantitative estimate of drug-likeness (QED) is 0.409. The number of aliphatic hydroxyl groups excluding tert-OH is 1. The molecule has 11 nitrogen and oxygen atoms in total. The summed E-state index contributed by atoms with van der Waals surface area (Å²) in [5.74, 6) is -0.745. The van der Waals surface area contributed by atoms with Gasteiger partial charge in [-0.05, 0) is 74.7 Å². The molecule has 2 aromatic rings. The smallest absolute Gasteiger partial charge is 0.264 e. The van der Waals surface area contributed by atoms with Crippen molar-refractivity contribution >= 4 is 49.0 Å².